The summed E-state index contributed by atoms with van der Waals surface area (Å²) >= 11 is 0. The molecule has 0 saturated carbocycles. The van der Waals surface area contributed by atoms with Crippen LogP contribution in [0.3, 0.4) is 0 Å². The molecule has 0 unspecified atom stereocenters. The molecule has 0 spiro atoms. The molecule has 132 valence electrons. The summed E-state index contributed by atoms with van der Waals surface area (Å²) in [7, 11) is 0. The largest absolute Gasteiger partial charge is 0.341 e. The first-order valence-corrected chi connectivity index (χ1v) is 8.67. The van der Waals surface area contributed by atoms with Gasteiger partial charge in [-0.1, -0.05) is 66.4 Å². The van der Waals surface area contributed by atoms with E-state index in [4.69, 9.17) is 0 Å². The van der Waals surface area contributed by atoms with Crippen molar-refractivity contribution in [3.8, 4) is 23.0 Å². The molecule has 3 rings (SSSR count). The maximum Gasteiger partial charge on any atom is 0.252 e. The van der Waals surface area contributed by atoms with Crippen molar-refractivity contribution in [2.75, 3.05) is 6.54 Å². The number of carbonyl (C=O) groups excluding carboxylic acids is 2. The molecular weight excluding hydrogens is 334 g/mol. The molecule has 3 aromatic carbocycles. The van der Waals surface area contributed by atoms with Crippen molar-refractivity contribution in [1.29, 1.82) is 0 Å². The van der Waals surface area contributed by atoms with Crippen molar-refractivity contribution in [3.05, 3.63) is 95.6 Å². The SMILES string of the molecule is CC(=O)c1ccc(C#CCNC(=O)c2ccc(-c3ccccc3)cc2)cc1. The molecule has 0 aliphatic rings. The normalized spacial score (nSPS) is 9.81. The fourth-order valence-corrected chi connectivity index (χ4v) is 2.61. The van der Waals surface area contributed by atoms with Crippen LogP contribution in [0.15, 0.2) is 78.9 Å². The van der Waals surface area contributed by atoms with Crippen LogP contribution in [0, 0.1) is 11.8 Å². The Balaban J connectivity index is 1.56. The van der Waals surface area contributed by atoms with Crippen molar-refractivity contribution in [3.63, 3.8) is 0 Å². The standard InChI is InChI=1S/C24H19NO2/c1-18(26)20-11-9-19(10-12-20)6-5-17-25-24(27)23-15-13-22(14-16-23)21-7-3-2-4-8-21/h2-4,7-16H,17H2,1H3,(H,25,27). The fraction of sp³-hybridized carbons (Fsp3) is 0.0833. The van der Waals surface area contributed by atoms with Crippen LogP contribution in [0.2, 0.25) is 0 Å². The second kappa shape index (κ2) is 8.64. The maximum atomic E-state index is 12.2. The zero-order chi connectivity index (χ0) is 19.1. The van der Waals surface area contributed by atoms with Crippen LogP contribution in [-0.2, 0) is 0 Å². The number of Topliss-reactive ketones (excluding diaryl/α,β-unsaturated/α-hetero) is 1. The Morgan fingerprint density at radius 2 is 1.37 bits per heavy atom. The molecule has 0 fully saturated rings. The molecule has 0 saturated heterocycles. The van der Waals surface area contributed by atoms with E-state index in [1.54, 1.807) is 24.3 Å². The van der Waals surface area contributed by atoms with Gasteiger partial charge in [-0.25, -0.2) is 0 Å². The van der Waals surface area contributed by atoms with Gasteiger partial charge in [0.2, 0.25) is 0 Å². The number of nitrogens with one attached hydrogen (secondary N) is 1. The number of rotatable bonds is 4. The van der Waals surface area contributed by atoms with Gasteiger partial charge in [-0.3, -0.25) is 9.59 Å². The van der Waals surface area contributed by atoms with Gasteiger partial charge in [0, 0.05) is 16.7 Å². The molecule has 0 bridgehead atoms. The van der Waals surface area contributed by atoms with Crippen LogP contribution in [-0.4, -0.2) is 18.2 Å². The molecular formula is C24H19NO2. The fourth-order valence-electron chi connectivity index (χ4n) is 2.61. The van der Waals surface area contributed by atoms with E-state index in [1.807, 2.05) is 54.6 Å². The van der Waals surface area contributed by atoms with Gasteiger partial charge in [-0.05, 0) is 42.3 Å². The maximum absolute atomic E-state index is 12.2. The van der Waals surface area contributed by atoms with E-state index in [0.29, 0.717) is 11.1 Å². The molecule has 0 radical (unpaired) electrons. The summed E-state index contributed by atoms with van der Waals surface area (Å²) < 4.78 is 0. The lowest BCUT2D eigenvalue weighted by Gasteiger charge is -2.04. The topological polar surface area (TPSA) is 46.2 Å². The first-order valence-electron chi connectivity index (χ1n) is 8.67. The number of ketones is 1. The number of hydrogen-bond donors (Lipinski definition) is 1. The van der Waals surface area contributed by atoms with E-state index < -0.39 is 0 Å². The highest BCUT2D eigenvalue weighted by molar-refractivity contribution is 5.95. The van der Waals surface area contributed by atoms with Gasteiger partial charge in [0.05, 0.1) is 6.54 Å². The van der Waals surface area contributed by atoms with Gasteiger partial charge < -0.3 is 5.32 Å². The van der Waals surface area contributed by atoms with Gasteiger partial charge in [0.25, 0.3) is 5.91 Å². The van der Waals surface area contributed by atoms with E-state index in [9.17, 15) is 9.59 Å². The van der Waals surface area contributed by atoms with Crippen LogP contribution in [0.4, 0.5) is 0 Å². The summed E-state index contributed by atoms with van der Waals surface area (Å²) in [6.07, 6.45) is 0. The second-order valence-corrected chi connectivity index (χ2v) is 6.06. The second-order valence-electron chi connectivity index (χ2n) is 6.06. The van der Waals surface area contributed by atoms with Crippen molar-refractivity contribution in [2.24, 2.45) is 0 Å². The minimum atomic E-state index is -0.157. The number of hydrogen-bond acceptors (Lipinski definition) is 2. The minimum Gasteiger partial charge on any atom is -0.341 e. The predicted octanol–water partition coefficient (Wildman–Crippen LogP) is 4.34. The van der Waals surface area contributed by atoms with Crippen molar-refractivity contribution in [1.82, 2.24) is 5.32 Å². The molecule has 1 amide bonds. The third-order valence-corrected chi connectivity index (χ3v) is 4.12. The summed E-state index contributed by atoms with van der Waals surface area (Å²) in [5, 5.41) is 2.79. The Bertz CT molecular complexity index is 992. The van der Waals surface area contributed by atoms with Crippen molar-refractivity contribution < 1.29 is 9.59 Å². The first kappa shape index (κ1) is 18.2. The summed E-state index contributed by atoms with van der Waals surface area (Å²) in [4.78, 5) is 23.5. The lowest BCUT2D eigenvalue weighted by molar-refractivity contribution is 0.0957. The Morgan fingerprint density at radius 3 is 2.00 bits per heavy atom. The van der Waals surface area contributed by atoms with Crippen molar-refractivity contribution in [2.45, 2.75) is 6.92 Å². The van der Waals surface area contributed by atoms with E-state index >= 15 is 0 Å². The average molecular weight is 353 g/mol. The zero-order valence-corrected chi connectivity index (χ0v) is 15.0. The molecule has 3 heteroatoms. The molecule has 0 aliphatic heterocycles. The smallest absolute Gasteiger partial charge is 0.252 e. The van der Waals surface area contributed by atoms with Crippen LogP contribution in [0.1, 0.15) is 33.2 Å². The molecule has 0 heterocycles. The quantitative estimate of drug-likeness (QED) is 0.560. The molecule has 27 heavy (non-hydrogen) atoms. The van der Waals surface area contributed by atoms with E-state index in [0.717, 1.165) is 16.7 Å². The van der Waals surface area contributed by atoms with Crippen molar-refractivity contribution >= 4 is 11.7 Å². The molecule has 3 aromatic rings. The lowest BCUT2D eigenvalue weighted by atomic mass is 10.0. The van der Waals surface area contributed by atoms with Gasteiger partial charge >= 0.3 is 0 Å². The van der Waals surface area contributed by atoms with Gasteiger partial charge in [0.15, 0.2) is 5.78 Å². The minimum absolute atomic E-state index is 0.0278. The highest BCUT2D eigenvalue weighted by Crippen LogP contribution is 2.19. The first-order chi connectivity index (χ1) is 13.1. The summed E-state index contributed by atoms with van der Waals surface area (Å²) in [6, 6.07) is 24.6. The van der Waals surface area contributed by atoms with E-state index in [-0.39, 0.29) is 18.2 Å². The van der Waals surface area contributed by atoms with Crippen LogP contribution >= 0.6 is 0 Å². The molecule has 3 nitrogen and oxygen atoms in total. The van der Waals surface area contributed by atoms with Crippen LogP contribution < -0.4 is 5.32 Å². The third-order valence-electron chi connectivity index (χ3n) is 4.12. The van der Waals surface area contributed by atoms with Crippen LogP contribution in [0.25, 0.3) is 11.1 Å². The van der Waals surface area contributed by atoms with Gasteiger partial charge in [-0.2, -0.15) is 0 Å². The Kier molecular flexibility index (Phi) is 5.81. The lowest BCUT2D eigenvalue weighted by Crippen LogP contribution is -2.23. The van der Waals surface area contributed by atoms with E-state index in [1.165, 1.54) is 6.92 Å². The van der Waals surface area contributed by atoms with E-state index in [2.05, 4.69) is 17.2 Å². The average Bonchev–Trinajstić information content (AvgIpc) is 2.72. The zero-order valence-electron chi connectivity index (χ0n) is 15.0. The van der Waals surface area contributed by atoms with Crippen LogP contribution in [0.5, 0.6) is 0 Å². The number of benzene rings is 3. The third kappa shape index (κ3) is 4.93. The Labute approximate surface area is 159 Å². The van der Waals surface area contributed by atoms with Gasteiger partial charge in [0.1, 0.15) is 0 Å². The molecule has 1 N–H and O–H groups in total. The Hall–Kier alpha value is -3.64. The number of carbonyl (C=O) groups is 2. The summed E-state index contributed by atoms with van der Waals surface area (Å²) in [6.45, 7) is 1.79. The monoisotopic (exact) mass is 353 g/mol. The predicted molar refractivity (Wildman–Crippen MR) is 108 cm³/mol. The molecule has 0 aromatic heterocycles. The number of amides is 1. The molecule has 0 aliphatic carbocycles. The summed E-state index contributed by atoms with van der Waals surface area (Å²) in [5.74, 6) is 5.76. The highest BCUT2D eigenvalue weighted by atomic mass is 16.1. The Morgan fingerprint density at radius 1 is 0.778 bits per heavy atom. The molecule has 0 atom stereocenters. The highest BCUT2D eigenvalue weighted by Gasteiger charge is 2.04. The summed E-state index contributed by atoms with van der Waals surface area (Å²) in [5.41, 5.74) is 4.25. The van der Waals surface area contributed by atoms with Gasteiger partial charge in [-0.15, -0.1) is 0 Å².